The molecular weight excluding hydrogens is 244 g/mol. The fourth-order valence-electron chi connectivity index (χ4n) is 1.56. The topological polar surface area (TPSA) is 9.86 Å². The van der Waals surface area contributed by atoms with Crippen LogP contribution in [0.2, 0.25) is 0 Å². The van der Waals surface area contributed by atoms with Crippen LogP contribution in [0.5, 0.6) is 0 Å². The summed E-state index contributed by atoms with van der Waals surface area (Å²) < 4.78 is 4.38. The smallest absolute Gasteiger partial charge is 0.0355 e. The van der Waals surface area contributed by atoms with Gasteiger partial charge in [0, 0.05) is 35.9 Å². The van der Waals surface area contributed by atoms with Crippen LogP contribution in [0.3, 0.4) is 0 Å². The molecule has 0 aliphatic rings. The van der Waals surface area contributed by atoms with Crippen molar-refractivity contribution in [3.8, 4) is 0 Å². The van der Waals surface area contributed by atoms with Gasteiger partial charge in [0.1, 0.15) is 0 Å². The van der Waals surface area contributed by atoms with Crippen molar-refractivity contribution in [1.29, 1.82) is 0 Å². The van der Waals surface area contributed by atoms with Crippen molar-refractivity contribution in [3.63, 3.8) is 0 Å². The zero-order valence-electron chi connectivity index (χ0n) is 14.5. The van der Waals surface area contributed by atoms with Gasteiger partial charge in [0.2, 0.25) is 0 Å². The van der Waals surface area contributed by atoms with E-state index in [9.17, 15) is 0 Å². The Morgan fingerprint density at radius 3 is 0.800 bits per heavy atom. The molecule has 2 heteroatoms. The van der Waals surface area contributed by atoms with E-state index in [2.05, 4.69) is 75.5 Å². The fraction of sp³-hybridized carbons (Fsp3) is 0.556. The molecule has 0 fully saturated rings. The maximum atomic E-state index is 2.19. The summed E-state index contributed by atoms with van der Waals surface area (Å²) in [6.07, 6.45) is 8.33. The SMILES string of the molecule is CC.CC(C)(C)n1cccc1.CC(C)(C)n1cccc1. The molecule has 0 aromatic carbocycles. The van der Waals surface area contributed by atoms with Crippen LogP contribution in [0.1, 0.15) is 55.4 Å². The maximum Gasteiger partial charge on any atom is 0.0355 e. The van der Waals surface area contributed by atoms with Crippen molar-refractivity contribution < 1.29 is 0 Å². The molecule has 2 heterocycles. The normalized spacial score (nSPS) is 11.0. The number of nitrogens with zero attached hydrogens (tertiary/aromatic N) is 2. The van der Waals surface area contributed by atoms with Crippen molar-refractivity contribution in [3.05, 3.63) is 49.1 Å². The number of hydrogen-bond acceptors (Lipinski definition) is 0. The van der Waals surface area contributed by atoms with Crippen LogP contribution < -0.4 is 0 Å². The van der Waals surface area contributed by atoms with E-state index in [1.807, 2.05) is 38.1 Å². The molecule has 0 aliphatic carbocycles. The molecule has 0 unspecified atom stereocenters. The molecule has 0 atom stereocenters. The summed E-state index contributed by atoms with van der Waals surface area (Å²) in [6, 6.07) is 8.19. The highest BCUT2D eigenvalue weighted by molar-refractivity contribution is 4.95. The summed E-state index contributed by atoms with van der Waals surface area (Å²) >= 11 is 0. The zero-order chi connectivity index (χ0) is 15.8. The lowest BCUT2D eigenvalue weighted by Crippen LogP contribution is -2.19. The highest BCUT2D eigenvalue weighted by atomic mass is 15.0. The minimum absolute atomic E-state index is 0.240. The molecule has 2 aromatic heterocycles. The minimum atomic E-state index is 0.240. The largest absolute Gasteiger partial charge is 0.349 e. The van der Waals surface area contributed by atoms with Gasteiger partial charge >= 0.3 is 0 Å². The predicted octanol–water partition coefficient (Wildman–Crippen LogP) is 5.51. The molecule has 2 rings (SSSR count). The molecule has 0 bridgehead atoms. The Morgan fingerprint density at radius 1 is 0.500 bits per heavy atom. The lowest BCUT2D eigenvalue weighted by molar-refractivity contribution is 0.398. The van der Waals surface area contributed by atoms with Crippen molar-refractivity contribution in [1.82, 2.24) is 9.13 Å². The van der Waals surface area contributed by atoms with E-state index in [1.54, 1.807) is 0 Å². The number of aromatic nitrogens is 2. The van der Waals surface area contributed by atoms with Crippen molar-refractivity contribution in [2.75, 3.05) is 0 Å². The third-order valence-electron chi connectivity index (χ3n) is 2.76. The number of rotatable bonds is 0. The van der Waals surface area contributed by atoms with E-state index in [-0.39, 0.29) is 11.1 Å². The second kappa shape index (κ2) is 7.98. The Balaban J connectivity index is 0.000000321. The first kappa shape index (κ1) is 18.6. The summed E-state index contributed by atoms with van der Waals surface area (Å²) in [4.78, 5) is 0. The Bertz CT molecular complexity index is 378. The van der Waals surface area contributed by atoms with Crippen LogP contribution in [0.4, 0.5) is 0 Å². The Morgan fingerprint density at radius 2 is 0.700 bits per heavy atom. The minimum Gasteiger partial charge on any atom is -0.349 e. The van der Waals surface area contributed by atoms with Gasteiger partial charge in [0.15, 0.2) is 0 Å². The van der Waals surface area contributed by atoms with Crippen LogP contribution in [0.15, 0.2) is 49.1 Å². The summed E-state index contributed by atoms with van der Waals surface area (Å²) in [6.45, 7) is 17.1. The Labute approximate surface area is 125 Å². The lowest BCUT2D eigenvalue weighted by atomic mass is 10.1. The average molecular weight is 276 g/mol. The highest BCUT2D eigenvalue weighted by Gasteiger charge is 2.09. The fourth-order valence-corrected chi connectivity index (χ4v) is 1.56. The molecule has 0 aliphatic heterocycles. The third-order valence-corrected chi connectivity index (χ3v) is 2.76. The van der Waals surface area contributed by atoms with Crippen LogP contribution in [-0.2, 0) is 11.1 Å². The molecule has 0 amide bonds. The zero-order valence-corrected chi connectivity index (χ0v) is 14.5. The lowest BCUT2D eigenvalue weighted by Gasteiger charge is -2.20. The van der Waals surface area contributed by atoms with Crippen LogP contribution in [0.25, 0.3) is 0 Å². The Kier molecular flexibility index (Phi) is 7.41. The van der Waals surface area contributed by atoms with Crippen molar-refractivity contribution in [2.24, 2.45) is 0 Å². The van der Waals surface area contributed by atoms with Crippen LogP contribution >= 0.6 is 0 Å². The second-order valence-electron chi connectivity index (χ2n) is 6.52. The van der Waals surface area contributed by atoms with E-state index < -0.39 is 0 Å². The van der Waals surface area contributed by atoms with Gasteiger partial charge in [-0.05, 0) is 65.8 Å². The first-order chi connectivity index (χ1) is 9.21. The molecular formula is C18H32N2. The molecule has 0 saturated heterocycles. The molecule has 2 aromatic rings. The van der Waals surface area contributed by atoms with Crippen LogP contribution in [0, 0.1) is 0 Å². The maximum absolute atomic E-state index is 2.19. The van der Waals surface area contributed by atoms with E-state index in [0.29, 0.717) is 0 Å². The monoisotopic (exact) mass is 276 g/mol. The van der Waals surface area contributed by atoms with Gasteiger partial charge in [-0.3, -0.25) is 0 Å². The van der Waals surface area contributed by atoms with Gasteiger partial charge in [-0.1, -0.05) is 13.8 Å². The van der Waals surface area contributed by atoms with Gasteiger partial charge in [0.25, 0.3) is 0 Å². The first-order valence-electron chi connectivity index (χ1n) is 7.48. The quantitative estimate of drug-likeness (QED) is 0.600. The standard InChI is InChI=1S/2C8H13N.C2H6/c2*1-8(2,3)9-6-4-5-7-9;1-2/h2*4-7H,1-3H3;1-2H3. The van der Waals surface area contributed by atoms with Gasteiger partial charge in [-0.15, -0.1) is 0 Å². The predicted molar refractivity (Wildman–Crippen MR) is 90.2 cm³/mol. The molecule has 2 nitrogen and oxygen atoms in total. The second-order valence-corrected chi connectivity index (χ2v) is 6.52. The Hall–Kier alpha value is -1.44. The molecule has 0 saturated carbocycles. The third kappa shape index (κ3) is 6.65. The average Bonchev–Trinajstić information content (AvgIpc) is 3.04. The van der Waals surface area contributed by atoms with E-state index >= 15 is 0 Å². The van der Waals surface area contributed by atoms with E-state index in [0.717, 1.165) is 0 Å². The van der Waals surface area contributed by atoms with Gasteiger partial charge < -0.3 is 9.13 Å². The van der Waals surface area contributed by atoms with E-state index in [1.165, 1.54) is 0 Å². The first-order valence-corrected chi connectivity index (χ1v) is 7.48. The highest BCUT2D eigenvalue weighted by Crippen LogP contribution is 2.12. The molecule has 0 radical (unpaired) electrons. The van der Waals surface area contributed by atoms with Gasteiger partial charge in [-0.2, -0.15) is 0 Å². The number of hydrogen-bond donors (Lipinski definition) is 0. The summed E-state index contributed by atoms with van der Waals surface area (Å²) in [5.74, 6) is 0. The van der Waals surface area contributed by atoms with Crippen molar-refractivity contribution >= 4 is 0 Å². The summed E-state index contributed by atoms with van der Waals surface area (Å²) in [5.41, 5.74) is 0.479. The summed E-state index contributed by atoms with van der Waals surface area (Å²) in [5, 5.41) is 0. The van der Waals surface area contributed by atoms with Crippen molar-refractivity contribution in [2.45, 2.75) is 66.5 Å². The van der Waals surface area contributed by atoms with Gasteiger partial charge in [-0.25, -0.2) is 0 Å². The molecule has 0 spiro atoms. The summed E-state index contributed by atoms with van der Waals surface area (Å²) in [7, 11) is 0. The molecule has 0 N–H and O–H groups in total. The van der Waals surface area contributed by atoms with E-state index in [4.69, 9.17) is 0 Å². The van der Waals surface area contributed by atoms with Crippen LogP contribution in [-0.4, -0.2) is 9.13 Å². The van der Waals surface area contributed by atoms with Gasteiger partial charge in [0.05, 0.1) is 0 Å². The molecule has 114 valence electrons. The molecule has 20 heavy (non-hydrogen) atoms.